The minimum atomic E-state index is -0.276. The van der Waals surface area contributed by atoms with Gasteiger partial charge >= 0.3 is 0 Å². The molecule has 0 bridgehead atoms. The Hall–Kier alpha value is -0.710. The quantitative estimate of drug-likeness (QED) is 0.692. The Morgan fingerprint density at radius 3 is 2.38 bits per heavy atom. The molecule has 3 unspecified atom stereocenters. The van der Waals surface area contributed by atoms with E-state index in [-0.39, 0.29) is 11.4 Å². The van der Waals surface area contributed by atoms with E-state index < -0.39 is 0 Å². The zero-order valence-electron chi connectivity index (χ0n) is 13.6. The van der Waals surface area contributed by atoms with Crippen molar-refractivity contribution in [2.45, 2.75) is 51.5 Å². The number of benzene rings is 1. The maximum absolute atomic E-state index is 9.60. The van der Waals surface area contributed by atoms with Crippen LogP contribution >= 0.6 is 11.8 Å². The van der Waals surface area contributed by atoms with Crippen molar-refractivity contribution < 1.29 is 9.84 Å². The maximum atomic E-state index is 9.60. The van der Waals surface area contributed by atoms with Crippen LogP contribution in [0.4, 0.5) is 0 Å². The summed E-state index contributed by atoms with van der Waals surface area (Å²) in [5.74, 6) is 1.88. The zero-order chi connectivity index (χ0) is 15.7. The second-order valence-corrected chi connectivity index (χ2v) is 6.72. The summed E-state index contributed by atoms with van der Waals surface area (Å²) in [5.41, 5.74) is 1.27. The molecule has 0 saturated heterocycles. The van der Waals surface area contributed by atoms with E-state index in [9.17, 15) is 5.11 Å². The standard InChI is InChI=1S/C17H29NO2S/c1-5-11-20-16-9-7-15(8-10-16)17(18-6-2)12-21-14(4)13(3)19/h7-10,13-14,17-19H,5-6,11-12H2,1-4H3. The Kier molecular flexibility index (Phi) is 8.81. The molecule has 0 fully saturated rings. The summed E-state index contributed by atoms with van der Waals surface area (Å²) in [7, 11) is 0. The highest BCUT2D eigenvalue weighted by Crippen LogP contribution is 2.24. The molecule has 1 aromatic carbocycles. The van der Waals surface area contributed by atoms with Crippen molar-refractivity contribution in [3.63, 3.8) is 0 Å². The van der Waals surface area contributed by atoms with Gasteiger partial charge in [-0.2, -0.15) is 11.8 Å². The van der Waals surface area contributed by atoms with Gasteiger partial charge in [0.15, 0.2) is 0 Å². The predicted molar refractivity (Wildman–Crippen MR) is 92.2 cm³/mol. The molecule has 0 aliphatic rings. The van der Waals surface area contributed by atoms with Gasteiger partial charge in [-0.25, -0.2) is 0 Å². The third kappa shape index (κ3) is 6.72. The van der Waals surface area contributed by atoms with Gasteiger partial charge in [0.25, 0.3) is 0 Å². The van der Waals surface area contributed by atoms with Crippen LogP contribution in [0.3, 0.4) is 0 Å². The Labute approximate surface area is 133 Å². The van der Waals surface area contributed by atoms with Crippen LogP contribution in [-0.2, 0) is 0 Å². The van der Waals surface area contributed by atoms with E-state index in [4.69, 9.17) is 4.74 Å². The van der Waals surface area contributed by atoms with Gasteiger partial charge in [-0.15, -0.1) is 0 Å². The largest absolute Gasteiger partial charge is 0.494 e. The van der Waals surface area contributed by atoms with E-state index in [0.717, 1.165) is 31.1 Å². The van der Waals surface area contributed by atoms with Crippen molar-refractivity contribution in [3.8, 4) is 5.75 Å². The van der Waals surface area contributed by atoms with Crippen LogP contribution in [0.15, 0.2) is 24.3 Å². The van der Waals surface area contributed by atoms with Crippen LogP contribution in [0.2, 0.25) is 0 Å². The van der Waals surface area contributed by atoms with Crippen LogP contribution in [0.1, 0.15) is 45.7 Å². The maximum Gasteiger partial charge on any atom is 0.119 e. The van der Waals surface area contributed by atoms with E-state index in [1.807, 2.05) is 19.1 Å². The number of aliphatic hydroxyl groups excluding tert-OH is 1. The van der Waals surface area contributed by atoms with Gasteiger partial charge in [-0.05, 0) is 37.6 Å². The normalized spacial score (nSPS) is 15.5. The van der Waals surface area contributed by atoms with Crippen LogP contribution in [0.25, 0.3) is 0 Å². The number of hydrogen-bond acceptors (Lipinski definition) is 4. The average Bonchev–Trinajstić information content (AvgIpc) is 2.49. The molecular formula is C17H29NO2S. The lowest BCUT2D eigenvalue weighted by molar-refractivity contribution is 0.196. The highest BCUT2D eigenvalue weighted by atomic mass is 32.2. The molecule has 1 rings (SSSR count). The Balaban J connectivity index is 2.62. The molecule has 0 radical (unpaired) electrons. The molecule has 2 N–H and O–H groups in total. The third-order valence-corrected chi connectivity index (χ3v) is 4.86. The summed E-state index contributed by atoms with van der Waals surface area (Å²) in [6, 6.07) is 8.65. The molecule has 0 spiro atoms. The van der Waals surface area contributed by atoms with Crippen molar-refractivity contribution in [1.29, 1.82) is 0 Å². The Bertz CT molecular complexity index is 381. The fourth-order valence-electron chi connectivity index (χ4n) is 1.92. The minimum absolute atomic E-state index is 0.248. The molecule has 4 heteroatoms. The van der Waals surface area contributed by atoms with Crippen molar-refractivity contribution in [1.82, 2.24) is 5.32 Å². The number of rotatable bonds is 10. The first kappa shape index (κ1) is 18.3. The fourth-order valence-corrected chi connectivity index (χ4v) is 3.01. The van der Waals surface area contributed by atoms with E-state index in [2.05, 4.69) is 38.2 Å². The molecule has 0 amide bonds. The zero-order valence-corrected chi connectivity index (χ0v) is 14.5. The summed E-state index contributed by atoms with van der Waals surface area (Å²) in [5, 5.41) is 13.4. The summed E-state index contributed by atoms with van der Waals surface area (Å²) in [4.78, 5) is 0. The molecular weight excluding hydrogens is 282 g/mol. The fraction of sp³-hybridized carbons (Fsp3) is 0.647. The molecule has 0 aliphatic carbocycles. The number of thioether (sulfide) groups is 1. The lowest BCUT2D eigenvalue weighted by Crippen LogP contribution is -2.25. The van der Waals surface area contributed by atoms with Gasteiger partial charge in [0.1, 0.15) is 5.75 Å². The highest BCUT2D eigenvalue weighted by molar-refractivity contribution is 7.99. The molecule has 0 heterocycles. The molecule has 3 nitrogen and oxygen atoms in total. The van der Waals surface area contributed by atoms with E-state index >= 15 is 0 Å². The van der Waals surface area contributed by atoms with Crippen LogP contribution in [-0.4, -0.2) is 35.4 Å². The topological polar surface area (TPSA) is 41.5 Å². The lowest BCUT2D eigenvalue weighted by Gasteiger charge is -2.21. The highest BCUT2D eigenvalue weighted by Gasteiger charge is 2.15. The number of nitrogens with one attached hydrogen (secondary N) is 1. The van der Waals surface area contributed by atoms with Gasteiger partial charge in [0.05, 0.1) is 12.7 Å². The minimum Gasteiger partial charge on any atom is -0.494 e. The van der Waals surface area contributed by atoms with Crippen molar-refractivity contribution in [3.05, 3.63) is 29.8 Å². The van der Waals surface area contributed by atoms with E-state index in [1.54, 1.807) is 11.8 Å². The van der Waals surface area contributed by atoms with Crippen molar-refractivity contribution in [2.24, 2.45) is 0 Å². The molecule has 120 valence electrons. The SMILES string of the molecule is CCCOc1ccc(C(CSC(C)C(C)O)NCC)cc1. The molecule has 1 aromatic rings. The van der Waals surface area contributed by atoms with Gasteiger partial charge in [-0.1, -0.05) is 32.9 Å². The van der Waals surface area contributed by atoms with E-state index in [0.29, 0.717) is 6.04 Å². The molecule has 21 heavy (non-hydrogen) atoms. The van der Waals surface area contributed by atoms with Gasteiger partial charge in [0, 0.05) is 17.0 Å². The van der Waals surface area contributed by atoms with Crippen LogP contribution < -0.4 is 10.1 Å². The van der Waals surface area contributed by atoms with Crippen molar-refractivity contribution >= 4 is 11.8 Å². The van der Waals surface area contributed by atoms with Crippen LogP contribution in [0.5, 0.6) is 5.75 Å². The van der Waals surface area contributed by atoms with Crippen molar-refractivity contribution in [2.75, 3.05) is 18.9 Å². The monoisotopic (exact) mass is 311 g/mol. The molecule has 3 atom stereocenters. The first-order valence-electron chi connectivity index (χ1n) is 7.84. The smallest absolute Gasteiger partial charge is 0.119 e. The molecule has 0 aliphatic heterocycles. The predicted octanol–water partition coefficient (Wildman–Crippen LogP) is 3.63. The molecule has 0 aromatic heterocycles. The Morgan fingerprint density at radius 1 is 1.19 bits per heavy atom. The Morgan fingerprint density at radius 2 is 1.86 bits per heavy atom. The van der Waals surface area contributed by atoms with Crippen LogP contribution in [0, 0.1) is 0 Å². The summed E-state index contributed by atoms with van der Waals surface area (Å²) in [6.45, 7) is 9.84. The summed E-state index contributed by atoms with van der Waals surface area (Å²) < 4.78 is 5.62. The first-order valence-corrected chi connectivity index (χ1v) is 8.89. The first-order chi connectivity index (χ1) is 10.1. The number of ether oxygens (including phenoxy) is 1. The summed E-state index contributed by atoms with van der Waals surface area (Å²) in [6.07, 6.45) is 0.748. The van der Waals surface area contributed by atoms with Gasteiger partial charge in [-0.3, -0.25) is 0 Å². The second-order valence-electron chi connectivity index (χ2n) is 5.31. The summed E-state index contributed by atoms with van der Waals surface area (Å²) >= 11 is 1.80. The lowest BCUT2D eigenvalue weighted by atomic mass is 10.1. The van der Waals surface area contributed by atoms with E-state index in [1.165, 1.54) is 5.56 Å². The average molecular weight is 311 g/mol. The second kappa shape index (κ2) is 10.1. The third-order valence-electron chi connectivity index (χ3n) is 3.41. The molecule has 0 saturated carbocycles. The van der Waals surface area contributed by atoms with Gasteiger partial charge in [0.2, 0.25) is 0 Å². The van der Waals surface area contributed by atoms with Gasteiger partial charge < -0.3 is 15.2 Å². The number of aliphatic hydroxyl groups is 1. The number of hydrogen-bond donors (Lipinski definition) is 2.